The molecule has 1 fully saturated rings. The molecule has 4 nitrogen and oxygen atoms in total. The van der Waals surface area contributed by atoms with Crippen molar-refractivity contribution in [3.05, 3.63) is 106 Å². The lowest BCUT2D eigenvalue weighted by atomic mass is 9.87. The number of carbonyl (C=O) groups is 1. The van der Waals surface area contributed by atoms with E-state index in [1.807, 2.05) is 23.1 Å². The van der Waals surface area contributed by atoms with Crippen molar-refractivity contribution in [1.82, 2.24) is 9.47 Å². The molecule has 3 aromatic carbocycles. The van der Waals surface area contributed by atoms with Crippen LogP contribution in [0.2, 0.25) is 5.02 Å². The van der Waals surface area contributed by atoms with Gasteiger partial charge in [-0.1, -0.05) is 71.8 Å². The second-order valence-electron chi connectivity index (χ2n) is 9.02. The molecule has 1 aliphatic rings. The third-order valence-electron chi connectivity index (χ3n) is 6.66. The van der Waals surface area contributed by atoms with Gasteiger partial charge in [0.1, 0.15) is 0 Å². The molecule has 1 unspecified atom stereocenters. The number of hydrogen-bond acceptors (Lipinski definition) is 2. The van der Waals surface area contributed by atoms with E-state index in [-0.39, 0.29) is 11.8 Å². The van der Waals surface area contributed by atoms with Gasteiger partial charge in [0.2, 0.25) is 5.91 Å². The van der Waals surface area contributed by atoms with Crippen LogP contribution in [-0.2, 0) is 16.1 Å². The first-order valence-electron chi connectivity index (χ1n) is 11.8. The number of fused-ring (bicyclic) bond motifs is 1. The number of carbonyl (C=O) groups excluding carboxylic acids is 1. The highest BCUT2D eigenvalue weighted by Gasteiger charge is 2.26. The van der Waals surface area contributed by atoms with Crippen LogP contribution in [0.15, 0.2) is 79.0 Å². The Kier molecular flexibility index (Phi) is 6.70. The average Bonchev–Trinajstić information content (AvgIpc) is 3.22. The van der Waals surface area contributed by atoms with Crippen molar-refractivity contribution in [3.8, 4) is 0 Å². The summed E-state index contributed by atoms with van der Waals surface area (Å²) in [4.78, 5) is 15.3. The highest BCUT2D eigenvalue weighted by Crippen LogP contribution is 2.36. The van der Waals surface area contributed by atoms with Crippen LogP contribution in [0.1, 0.15) is 34.6 Å². The van der Waals surface area contributed by atoms with Gasteiger partial charge in [0.15, 0.2) is 0 Å². The van der Waals surface area contributed by atoms with Crippen molar-refractivity contribution >= 4 is 28.4 Å². The monoisotopic (exact) mass is 472 g/mol. The summed E-state index contributed by atoms with van der Waals surface area (Å²) in [6.07, 6.45) is 2.63. The smallest absolute Gasteiger partial charge is 0.223 e. The van der Waals surface area contributed by atoms with Crippen LogP contribution < -0.4 is 0 Å². The van der Waals surface area contributed by atoms with Gasteiger partial charge in [0, 0.05) is 54.1 Å². The fraction of sp³-hybridized carbons (Fsp3) is 0.276. The quantitative estimate of drug-likeness (QED) is 0.343. The van der Waals surface area contributed by atoms with Crippen molar-refractivity contribution in [2.75, 3.05) is 26.3 Å². The average molecular weight is 473 g/mol. The Hall–Kier alpha value is -3.08. The summed E-state index contributed by atoms with van der Waals surface area (Å²) in [5, 5.41) is 1.86. The number of aryl methyl sites for hydroxylation is 1. The normalized spacial score (nSPS) is 14.9. The van der Waals surface area contributed by atoms with Gasteiger partial charge in [0.05, 0.1) is 13.2 Å². The molecular formula is C29H29ClN2O2. The summed E-state index contributed by atoms with van der Waals surface area (Å²) >= 11 is 6.39. The minimum atomic E-state index is -0.0850. The van der Waals surface area contributed by atoms with E-state index in [0.29, 0.717) is 37.7 Å². The number of halogens is 1. The van der Waals surface area contributed by atoms with Crippen LogP contribution in [0.5, 0.6) is 0 Å². The van der Waals surface area contributed by atoms with Crippen LogP contribution in [0, 0.1) is 6.92 Å². The lowest BCUT2D eigenvalue weighted by Crippen LogP contribution is -2.41. The van der Waals surface area contributed by atoms with E-state index in [0.717, 1.165) is 17.7 Å². The van der Waals surface area contributed by atoms with Crippen molar-refractivity contribution in [2.24, 2.45) is 0 Å². The second-order valence-corrected chi connectivity index (χ2v) is 9.46. The molecule has 2 heterocycles. The van der Waals surface area contributed by atoms with Gasteiger partial charge < -0.3 is 14.2 Å². The Morgan fingerprint density at radius 3 is 2.53 bits per heavy atom. The topological polar surface area (TPSA) is 34.5 Å². The zero-order chi connectivity index (χ0) is 23.5. The maximum absolute atomic E-state index is 13.3. The maximum atomic E-state index is 13.3. The summed E-state index contributed by atoms with van der Waals surface area (Å²) < 4.78 is 7.75. The maximum Gasteiger partial charge on any atom is 0.223 e. The number of aromatic nitrogens is 1. The van der Waals surface area contributed by atoms with Gasteiger partial charge in [-0.3, -0.25) is 4.79 Å². The van der Waals surface area contributed by atoms with Gasteiger partial charge in [-0.2, -0.15) is 0 Å². The summed E-state index contributed by atoms with van der Waals surface area (Å²) in [7, 11) is 0. The van der Waals surface area contributed by atoms with Crippen LogP contribution in [0.3, 0.4) is 0 Å². The summed E-state index contributed by atoms with van der Waals surface area (Å²) in [6, 6.07) is 25.0. The third-order valence-corrected chi connectivity index (χ3v) is 6.90. The Labute approximate surface area is 205 Å². The van der Waals surface area contributed by atoms with E-state index in [1.165, 1.54) is 22.0 Å². The Morgan fingerprint density at radius 2 is 1.76 bits per heavy atom. The molecule has 0 bridgehead atoms. The predicted octanol–water partition coefficient (Wildman–Crippen LogP) is 6.03. The molecule has 1 amide bonds. The van der Waals surface area contributed by atoms with Crippen LogP contribution in [-0.4, -0.2) is 41.7 Å². The molecule has 174 valence electrons. The zero-order valence-electron chi connectivity index (χ0n) is 19.4. The molecule has 5 rings (SSSR count). The zero-order valence-corrected chi connectivity index (χ0v) is 20.2. The lowest BCUT2D eigenvalue weighted by molar-refractivity contribution is -0.135. The number of morpholine rings is 1. The van der Waals surface area contributed by atoms with E-state index in [1.54, 1.807) is 0 Å². The number of benzene rings is 3. The number of ether oxygens (including phenoxy) is 1. The highest BCUT2D eigenvalue weighted by atomic mass is 35.5. The largest absolute Gasteiger partial charge is 0.378 e. The third kappa shape index (κ3) is 4.89. The first-order valence-corrected chi connectivity index (χ1v) is 12.2. The molecule has 0 N–H and O–H groups in total. The first-order chi connectivity index (χ1) is 16.6. The van der Waals surface area contributed by atoms with Crippen LogP contribution in [0.4, 0.5) is 0 Å². The number of nitrogens with zero attached hydrogens (tertiary/aromatic N) is 2. The van der Waals surface area contributed by atoms with E-state index < -0.39 is 0 Å². The van der Waals surface area contributed by atoms with Gasteiger partial charge in [-0.15, -0.1) is 0 Å². The molecule has 0 aliphatic carbocycles. The van der Waals surface area contributed by atoms with Gasteiger partial charge >= 0.3 is 0 Å². The second kappa shape index (κ2) is 10.0. The number of rotatable bonds is 6. The van der Waals surface area contributed by atoms with Crippen LogP contribution >= 0.6 is 11.6 Å². The van der Waals surface area contributed by atoms with Crippen molar-refractivity contribution in [1.29, 1.82) is 0 Å². The fourth-order valence-corrected chi connectivity index (χ4v) is 5.02. The molecule has 1 aliphatic heterocycles. The summed E-state index contributed by atoms with van der Waals surface area (Å²) in [6.45, 7) is 5.38. The van der Waals surface area contributed by atoms with E-state index in [9.17, 15) is 4.79 Å². The number of para-hydroxylation sites is 1. The van der Waals surface area contributed by atoms with Gasteiger partial charge in [0.25, 0.3) is 0 Å². The molecule has 0 saturated carbocycles. The Morgan fingerprint density at radius 1 is 1.00 bits per heavy atom. The molecular weight excluding hydrogens is 444 g/mol. The molecule has 0 spiro atoms. The molecule has 5 heteroatoms. The van der Waals surface area contributed by atoms with Crippen molar-refractivity contribution in [3.63, 3.8) is 0 Å². The number of hydrogen-bond donors (Lipinski definition) is 0. The Balaban J connectivity index is 1.56. The molecule has 34 heavy (non-hydrogen) atoms. The highest BCUT2D eigenvalue weighted by molar-refractivity contribution is 6.30. The van der Waals surface area contributed by atoms with Crippen LogP contribution in [0.25, 0.3) is 10.9 Å². The molecule has 1 saturated heterocycles. The standard InChI is InChI=1S/C29H29ClN2O2/c1-21-9-11-22(12-10-21)19-32-20-27(25-7-2-3-8-28(25)32)26(23-5-4-6-24(30)17-23)18-29(33)31-13-15-34-16-14-31/h2-12,17,20,26H,13-16,18-19H2,1H3. The summed E-state index contributed by atoms with van der Waals surface area (Å²) in [5.74, 6) is 0.0712. The van der Waals surface area contributed by atoms with Gasteiger partial charge in [-0.25, -0.2) is 0 Å². The predicted molar refractivity (Wildman–Crippen MR) is 138 cm³/mol. The number of amides is 1. The Bertz CT molecular complexity index is 1290. The molecule has 1 aromatic heterocycles. The van der Waals surface area contributed by atoms with E-state index >= 15 is 0 Å². The SMILES string of the molecule is Cc1ccc(Cn2cc(C(CC(=O)N3CCOCC3)c3cccc(Cl)c3)c3ccccc32)cc1. The van der Waals surface area contributed by atoms with Gasteiger partial charge in [-0.05, 0) is 41.8 Å². The molecule has 4 aromatic rings. The molecule has 1 atom stereocenters. The minimum Gasteiger partial charge on any atom is -0.378 e. The van der Waals surface area contributed by atoms with Crippen molar-refractivity contribution in [2.45, 2.75) is 25.8 Å². The first kappa shape index (κ1) is 22.7. The molecule has 0 radical (unpaired) electrons. The lowest BCUT2D eigenvalue weighted by Gasteiger charge is -2.28. The minimum absolute atomic E-state index is 0.0850. The summed E-state index contributed by atoms with van der Waals surface area (Å²) in [5.41, 5.74) is 5.90. The van der Waals surface area contributed by atoms with E-state index in [2.05, 4.69) is 72.3 Å². The fourth-order valence-electron chi connectivity index (χ4n) is 4.82. The van der Waals surface area contributed by atoms with E-state index in [4.69, 9.17) is 16.3 Å². The van der Waals surface area contributed by atoms with Crippen molar-refractivity contribution < 1.29 is 9.53 Å².